The van der Waals surface area contributed by atoms with E-state index in [1.807, 2.05) is 42.5 Å². The third-order valence-corrected chi connectivity index (χ3v) is 9.93. The molecule has 0 bridgehead atoms. The third-order valence-electron chi connectivity index (χ3n) is 6.94. The molecule has 0 aliphatic carbocycles. The Hall–Kier alpha value is -2.98. The molecular formula is C34H42Cl2NO9P. The number of nitrogens with zero attached hydrogens (tertiary/aromatic N) is 1. The Bertz CT molecular complexity index is 1580. The first-order valence-corrected chi connectivity index (χ1v) is 17.3. The predicted molar refractivity (Wildman–Crippen MR) is 181 cm³/mol. The van der Waals surface area contributed by atoms with E-state index in [0.717, 1.165) is 21.4 Å². The summed E-state index contributed by atoms with van der Waals surface area (Å²) in [4.78, 5) is 43.5. The zero-order valence-electron chi connectivity index (χ0n) is 27.7. The van der Waals surface area contributed by atoms with Crippen LogP contribution in [-0.2, 0) is 48.9 Å². The van der Waals surface area contributed by atoms with Crippen molar-refractivity contribution in [2.24, 2.45) is 10.8 Å². The Labute approximate surface area is 286 Å². The molecule has 0 aromatic heterocycles. The molecule has 0 heterocycles. The first-order valence-electron chi connectivity index (χ1n) is 15.0. The van der Waals surface area contributed by atoms with Crippen molar-refractivity contribution >= 4 is 59.4 Å². The third kappa shape index (κ3) is 11.3. The summed E-state index contributed by atoms with van der Waals surface area (Å²) in [6.45, 7) is 9.91. The first-order chi connectivity index (χ1) is 21.9. The number of carbonyl (C=O) groups is 3. The number of amides is 1. The van der Waals surface area contributed by atoms with E-state index in [2.05, 4.69) is 0 Å². The van der Waals surface area contributed by atoms with Crippen LogP contribution >= 0.6 is 30.8 Å². The van der Waals surface area contributed by atoms with Crippen LogP contribution in [0.3, 0.4) is 0 Å². The molecule has 3 aromatic rings. The molecular weight excluding hydrogens is 668 g/mol. The van der Waals surface area contributed by atoms with Gasteiger partial charge < -0.3 is 9.47 Å². The summed E-state index contributed by atoms with van der Waals surface area (Å²) in [5, 5.41) is 3.69. The fraction of sp³-hybridized carbons (Fsp3) is 0.441. The van der Waals surface area contributed by atoms with E-state index in [0.29, 0.717) is 5.56 Å². The number of halogens is 2. The van der Waals surface area contributed by atoms with Gasteiger partial charge in [0, 0.05) is 13.5 Å². The molecule has 0 spiro atoms. The van der Waals surface area contributed by atoms with Crippen molar-refractivity contribution < 1.29 is 42.3 Å². The Morgan fingerprint density at radius 2 is 1.36 bits per heavy atom. The molecule has 1 amide bonds. The van der Waals surface area contributed by atoms with Crippen molar-refractivity contribution in [3.8, 4) is 0 Å². The normalized spacial score (nSPS) is 12.9. The van der Waals surface area contributed by atoms with Gasteiger partial charge in [-0.05, 0) is 88.1 Å². The minimum atomic E-state index is -4.34. The van der Waals surface area contributed by atoms with Crippen LogP contribution < -0.4 is 0 Å². The lowest BCUT2D eigenvalue weighted by Gasteiger charge is -2.30. The zero-order valence-corrected chi connectivity index (χ0v) is 30.1. The van der Waals surface area contributed by atoms with Gasteiger partial charge in [0.25, 0.3) is 0 Å². The number of rotatable bonds is 14. The second-order valence-electron chi connectivity index (χ2n) is 13.0. The molecule has 0 aliphatic rings. The van der Waals surface area contributed by atoms with E-state index in [4.69, 9.17) is 46.6 Å². The van der Waals surface area contributed by atoms with Crippen LogP contribution in [-0.4, -0.2) is 43.0 Å². The van der Waals surface area contributed by atoms with Gasteiger partial charge in [0.05, 0.1) is 26.5 Å². The van der Waals surface area contributed by atoms with Gasteiger partial charge in [0.1, 0.15) is 6.61 Å². The van der Waals surface area contributed by atoms with Gasteiger partial charge in [0.15, 0.2) is 0 Å². The van der Waals surface area contributed by atoms with E-state index >= 15 is 0 Å². The number of carbonyl (C=O) groups excluding carboxylic acids is 3. The molecule has 3 rings (SSSR count). The highest BCUT2D eigenvalue weighted by Crippen LogP contribution is 2.63. The fourth-order valence-corrected chi connectivity index (χ4v) is 6.32. The van der Waals surface area contributed by atoms with Crippen LogP contribution in [0.2, 0.25) is 10.0 Å². The standard InChI is InChI=1S/C34H42Cl2NO9P/c1-23(38)37(44-20-24-12-13-25-10-8-9-11-26(25)18-24)17-16-30(27-14-15-28(35)29(36)19-27)47(41,45-21-42-31(39)33(2,3)4)46-22-43-32(40)34(5,6)7/h8-15,18-19,30H,16-17,20-22H2,1-7H3. The second kappa shape index (κ2) is 16.4. The van der Waals surface area contributed by atoms with Crippen molar-refractivity contribution in [3.63, 3.8) is 0 Å². The summed E-state index contributed by atoms with van der Waals surface area (Å²) in [7, 11) is -4.34. The molecule has 0 radical (unpaired) electrons. The van der Waals surface area contributed by atoms with Crippen molar-refractivity contribution in [1.29, 1.82) is 0 Å². The molecule has 0 fully saturated rings. The Morgan fingerprint density at radius 3 is 1.89 bits per heavy atom. The Morgan fingerprint density at radius 1 is 0.787 bits per heavy atom. The maximum atomic E-state index is 14.6. The van der Waals surface area contributed by atoms with Gasteiger partial charge in [-0.15, -0.1) is 0 Å². The number of ether oxygens (including phenoxy) is 2. The minimum absolute atomic E-state index is 0.0209. The molecule has 1 atom stereocenters. The number of benzene rings is 3. The second-order valence-corrected chi connectivity index (χ2v) is 16.0. The topological polar surface area (TPSA) is 118 Å². The molecule has 10 nitrogen and oxygen atoms in total. The van der Waals surface area contributed by atoms with E-state index in [-0.39, 0.29) is 29.6 Å². The van der Waals surface area contributed by atoms with E-state index in [1.54, 1.807) is 47.6 Å². The number of hydrogen-bond donors (Lipinski definition) is 0. The number of fused-ring (bicyclic) bond motifs is 1. The predicted octanol–water partition coefficient (Wildman–Crippen LogP) is 8.88. The van der Waals surface area contributed by atoms with Gasteiger partial charge in [-0.25, -0.2) is 5.06 Å². The molecule has 1 unspecified atom stereocenters. The quantitative estimate of drug-likeness (QED) is 0.0700. The SMILES string of the molecule is CC(=O)N(CCC(c1ccc(Cl)c(Cl)c1)P(=O)(OCOC(=O)C(C)(C)C)OCOC(=O)C(C)(C)C)OCc1ccc2ccccc2c1. The van der Waals surface area contributed by atoms with Crippen molar-refractivity contribution in [2.75, 3.05) is 20.1 Å². The highest BCUT2D eigenvalue weighted by Gasteiger charge is 2.40. The number of hydroxylamine groups is 2. The fourth-order valence-electron chi connectivity index (χ4n) is 4.22. The number of esters is 2. The van der Waals surface area contributed by atoms with Crippen LogP contribution in [0.4, 0.5) is 0 Å². The lowest BCUT2D eigenvalue weighted by atomic mass is 9.98. The Balaban J connectivity index is 1.89. The molecule has 13 heteroatoms. The molecule has 256 valence electrons. The lowest BCUT2D eigenvalue weighted by molar-refractivity contribution is -0.189. The maximum absolute atomic E-state index is 14.6. The van der Waals surface area contributed by atoms with Crippen molar-refractivity contribution in [1.82, 2.24) is 5.06 Å². The highest BCUT2D eigenvalue weighted by atomic mass is 35.5. The van der Waals surface area contributed by atoms with Crippen molar-refractivity contribution in [3.05, 3.63) is 81.8 Å². The monoisotopic (exact) mass is 709 g/mol. The average molecular weight is 711 g/mol. The van der Waals surface area contributed by atoms with E-state index in [1.165, 1.54) is 19.1 Å². The van der Waals surface area contributed by atoms with Crippen LogP contribution in [0, 0.1) is 10.8 Å². The smallest absolute Gasteiger partial charge is 0.343 e. The summed E-state index contributed by atoms with van der Waals surface area (Å²) in [6, 6.07) is 18.3. The van der Waals surface area contributed by atoms with Gasteiger partial charge in [-0.1, -0.05) is 65.7 Å². The van der Waals surface area contributed by atoms with Gasteiger partial charge in [-0.3, -0.25) is 32.8 Å². The minimum Gasteiger partial charge on any atom is -0.438 e. The van der Waals surface area contributed by atoms with Crippen LogP contribution in [0.15, 0.2) is 60.7 Å². The van der Waals surface area contributed by atoms with Crippen LogP contribution in [0.25, 0.3) is 10.8 Å². The molecule has 0 N–H and O–H groups in total. The van der Waals surface area contributed by atoms with Gasteiger partial charge in [-0.2, -0.15) is 0 Å². The number of hydrogen-bond acceptors (Lipinski definition) is 9. The van der Waals surface area contributed by atoms with E-state index < -0.39 is 55.5 Å². The average Bonchev–Trinajstić information content (AvgIpc) is 2.99. The van der Waals surface area contributed by atoms with Crippen LogP contribution in [0.5, 0.6) is 0 Å². The molecule has 0 aliphatic heterocycles. The maximum Gasteiger partial charge on any atom is 0.343 e. The first kappa shape index (κ1) is 38.5. The molecule has 47 heavy (non-hydrogen) atoms. The van der Waals surface area contributed by atoms with Gasteiger partial charge in [0.2, 0.25) is 19.5 Å². The summed E-state index contributed by atoms with van der Waals surface area (Å²) in [6.07, 6.45) is -0.0209. The van der Waals surface area contributed by atoms with E-state index in [9.17, 15) is 18.9 Å². The molecule has 0 saturated carbocycles. The molecule has 3 aromatic carbocycles. The summed E-state index contributed by atoms with van der Waals surface area (Å²) in [5.74, 6) is -1.59. The van der Waals surface area contributed by atoms with Crippen molar-refractivity contribution in [2.45, 2.75) is 67.2 Å². The summed E-state index contributed by atoms with van der Waals surface area (Å²) in [5.41, 5.74) is -1.57. The van der Waals surface area contributed by atoms with Gasteiger partial charge >= 0.3 is 19.5 Å². The largest absolute Gasteiger partial charge is 0.438 e. The van der Waals surface area contributed by atoms with Crippen LogP contribution in [0.1, 0.15) is 71.7 Å². The highest BCUT2D eigenvalue weighted by molar-refractivity contribution is 7.54. The lowest BCUT2D eigenvalue weighted by Crippen LogP contribution is -2.31. The summed E-state index contributed by atoms with van der Waals surface area (Å²) < 4.78 is 36.5. The molecule has 0 saturated heterocycles. The zero-order chi connectivity index (χ0) is 35.0. The Kier molecular flexibility index (Phi) is 13.4. The summed E-state index contributed by atoms with van der Waals surface area (Å²) >= 11 is 12.5.